The zero-order chi connectivity index (χ0) is 15.4. The molecule has 0 aliphatic carbocycles. The van der Waals surface area contributed by atoms with Crippen molar-refractivity contribution in [3.8, 4) is 5.69 Å². The zero-order valence-electron chi connectivity index (χ0n) is 12.7. The fraction of sp³-hybridized carbons (Fsp3) is 0.467. The molecule has 3 rings (SSSR count). The molecular weight excluding hydrogens is 280 g/mol. The third-order valence-corrected chi connectivity index (χ3v) is 3.89. The van der Waals surface area contributed by atoms with Crippen LogP contribution in [0.15, 0.2) is 30.3 Å². The van der Waals surface area contributed by atoms with E-state index in [0.29, 0.717) is 6.42 Å². The molecule has 2 heterocycles. The number of carbonyl (C=O) groups is 1. The van der Waals surface area contributed by atoms with Crippen LogP contribution in [0.3, 0.4) is 0 Å². The summed E-state index contributed by atoms with van der Waals surface area (Å²) in [5.41, 5.74) is 0.960. The van der Waals surface area contributed by atoms with Crippen LogP contribution in [0.5, 0.6) is 0 Å². The molecule has 0 radical (unpaired) electrons. The van der Waals surface area contributed by atoms with E-state index in [2.05, 4.69) is 25.3 Å². The molecule has 22 heavy (non-hydrogen) atoms. The van der Waals surface area contributed by atoms with Crippen molar-refractivity contribution in [2.75, 3.05) is 37.6 Å². The van der Waals surface area contributed by atoms with Crippen LogP contribution in [-0.4, -0.2) is 63.6 Å². The summed E-state index contributed by atoms with van der Waals surface area (Å²) in [6.07, 6.45) is 0.627. The standard InChI is InChI=1S/C15H20N6O/c1-13(22)7-8-19-9-11-20(12-10-19)15-16-17-18-21(15)14-5-3-2-4-6-14/h2-6H,7-12H2,1H3. The Morgan fingerprint density at radius 1 is 1.14 bits per heavy atom. The number of hydrogen-bond acceptors (Lipinski definition) is 6. The number of carbonyl (C=O) groups excluding carboxylic acids is 1. The van der Waals surface area contributed by atoms with Crippen molar-refractivity contribution in [1.29, 1.82) is 0 Å². The lowest BCUT2D eigenvalue weighted by atomic mass is 10.2. The second-order valence-corrected chi connectivity index (χ2v) is 5.51. The summed E-state index contributed by atoms with van der Waals surface area (Å²) in [6.45, 7) is 6.07. The molecule has 0 saturated carbocycles. The van der Waals surface area contributed by atoms with E-state index in [1.54, 1.807) is 11.6 Å². The second-order valence-electron chi connectivity index (χ2n) is 5.51. The molecular formula is C15H20N6O. The van der Waals surface area contributed by atoms with E-state index in [1.165, 1.54) is 0 Å². The summed E-state index contributed by atoms with van der Waals surface area (Å²) in [6, 6.07) is 9.90. The molecule has 1 saturated heterocycles. The van der Waals surface area contributed by atoms with E-state index >= 15 is 0 Å². The fourth-order valence-electron chi connectivity index (χ4n) is 2.60. The summed E-state index contributed by atoms with van der Waals surface area (Å²) in [5.74, 6) is 1.02. The van der Waals surface area contributed by atoms with Crippen molar-refractivity contribution in [2.24, 2.45) is 0 Å². The summed E-state index contributed by atoms with van der Waals surface area (Å²) in [4.78, 5) is 15.6. The minimum absolute atomic E-state index is 0.246. The number of hydrogen-bond donors (Lipinski definition) is 0. The van der Waals surface area contributed by atoms with Crippen molar-refractivity contribution in [3.05, 3.63) is 30.3 Å². The first-order valence-electron chi connectivity index (χ1n) is 7.54. The van der Waals surface area contributed by atoms with Crippen molar-refractivity contribution in [1.82, 2.24) is 25.1 Å². The van der Waals surface area contributed by atoms with E-state index in [9.17, 15) is 4.79 Å². The smallest absolute Gasteiger partial charge is 0.250 e. The average molecular weight is 300 g/mol. The molecule has 0 amide bonds. The number of piperazine rings is 1. The Morgan fingerprint density at radius 3 is 2.55 bits per heavy atom. The van der Waals surface area contributed by atoms with E-state index in [4.69, 9.17) is 0 Å². The van der Waals surface area contributed by atoms with Gasteiger partial charge >= 0.3 is 0 Å². The summed E-state index contributed by atoms with van der Waals surface area (Å²) in [5, 5.41) is 12.1. The van der Waals surface area contributed by atoms with Gasteiger partial charge < -0.3 is 4.90 Å². The Bertz CT molecular complexity index is 618. The highest BCUT2D eigenvalue weighted by Gasteiger charge is 2.22. The average Bonchev–Trinajstić information content (AvgIpc) is 3.04. The molecule has 1 aromatic carbocycles. The largest absolute Gasteiger partial charge is 0.337 e. The topological polar surface area (TPSA) is 67.2 Å². The highest BCUT2D eigenvalue weighted by molar-refractivity contribution is 5.75. The van der Waals surface area contributed by atoms with Crippen LogP contribution in [-0.2, 0) is 4.79 Å². The predicted molar refractivity (Wildman–Crippen MR) is 83.1 cm³/mol. The molecule has 116 valence electrons. The Morgan fingerprint density at radius 2 is 1.86 bits per heavy atom. The zero-order valence-corrected chi connectivity index (χ0v) is 12.7. The molecule has 0 unspecified atom stereocenters. The van der Waals surface area contributed by atoms with Crippen LogP contribution in [0, 0.1) is 0 Å². The highest BCUT2D eigenvalue weighted by Crippen LogP contribution is 2.16. The number of nitrogens with zero attached hydrogens (tertiary/aromatic N) is 6. The Kier molecular flexibility index (Phi) is 4.43. The molecule has 1 aliphatic heterocycles. The normalized spacial score (nSPS) is 16.0. The van der Waals surface area contributed by atoms with Gasteiger partial charge in [-0.3, -0.25) is 9.69 Å². The van der Waals surface area contributed by atoms with E-state index < -0.39 is 0 Å². The predicted octanol–water partition coefficient (Wildman–Crippen LogP) is 0.763. The molecule has 0 atom stereocenters. The van der Waals surface area contributed by atoms with Gasteiger partial charge in [0.2, 0.25) is 5.95 Å². The molecule has 0 bridgehead atoms. The van der Waals surface area contributed by atoms with Crippen LogP contribution in [0.1, 0.15) is 13.3 Å². The molecule has 1 aliphatic rings. The van der Waals surface area contributed by atoms with Crippen LogP contribution in [0.2, 0.25) is 0 Å². The minimum atomic E-state index is 0.246. The molecule has 7 nitrogen and oxygen atoms in total. The molecule has 2 aromatic rings. The molecule has 1 fully saturated rings. The second kappa shape index (κ2) is 6.65. The van der Waals surface area contributed by atoms with Gasteiger partial charge in [-0.2, -0.15) is 4.68 Å². The lowest BCUT2D eigenvalue weighted by Gasteiger charge is -2.34. The first-order chi connectivity index (χ1) is 10.7. The molecule has 1 aromatic heterocycles. The maximum atomic E-state index is 11.1. The van der Waals surface area contributed by atoms with Gasteiger partial charge in [0.15, 0.2) is 0 Å². The number of benzene rings is 1. The van der Waals surface area contributed by atoms with Crippen LogP contribution >= 0.6 is 0 Å². The monoisotopic (exact) mass is 300 g/mol. The van der Waals surface area contributed by atoms with Gasteiger partial charge in [0.1, 0.15) is 5.78 Å². The lowest BCUT2D eigenvalue weighted by molar-refractivity contribution is -0.117. The minimum Gasteiger partial charge on any atom is -0.337 e. The number of Topliss-reactive ketones (excluding diaryl/α,β-unsaturated/α-hetero) is 1. The number of ketones is 1. The van der Waals surface area contributed by atoms with Gasteiger partial charge in [-0.25, -0.2) is 0 Å². The number of para-hydroxylation sites is 1. The number of aromatic nitrogens is 4. The number of rotatable bonds is 5. The summed E-state index contributed by atoms with van der Waals surface area (Å²) >= 11 is 0. The Hall–Kier alpha value is -2.28. The van der Waals surface area contributed by atoms with Gasteiger partial charge in [-0.15, -0.1) is 0 Å². The third kappa shape index (κ3) is 3.30. The van der Waals surface area contributed by atoms with Crippen LogP contribution in [0.4, 0.5) is 5.95 Å². The first kappa shape index (κ1) is 14.6. The van der Waals surface area contributed by atoms with Crippen molar-refractivity contribution in [3.63, 3.8) is 0 Å². The summed E-state index contributed by atoms with van der Waals surface area (Å²) < 4.78 is 1.77. The third-order valence-electron chi connectivity index (χ3n) is 3.89. The molecule has 7 heteroatoms. The van der Waals surface area contributed by atoms with Gasteiger partial charge in [-0.1, -0.05) is 23.3 Å². The van der Waals surface area contributed by atoms with E-state index in [1.807, 2.05) is 30.3 Å². The molecule has 0 N–H and O–H groups in total. The van der Waals surface area contributed by atoms with Crippen molar-refractivity contribution in [2.45, 2.75) is 13.3 Å². The maximum Gasteiger partial charge on any atom is 0.250 e. The molecule has 0 spiro atoms. The quantitative estimate of drug-likeness (QED) is 0.812. The van der Waals surface area contributed by atoms with Gasteiger partial charge in [0, 0.05) is 39.1 Å². The van der Waals surface area contributed by atoms with Crippen LogP contribution in [0.25, 0.3) is 5.69 Å². The van der Waals surface area contributed by atoms with Gasteiger partial charge in [0.25, 0.3) is 0 Å². The SMILES string of the molecule is CC(=O)CCN1CCN(c2nnnn2-c2ccccc2)CC1. The van der Waals surface area contributed by atoms with E-state index in [-0.39, 0.29) is 5.78 Å². The number of anilines is 1. The Labute approximate surface area is 129 Å². The fourth-order valence-corrected chi connectivity index (χ4v) is 2.60. The lowest BCUT2D eigenvalue weighted by Crippen LogP contribution is -2.47. The first-order valence-corrected chi connectivity index (χ1v) is 7.54. The van der Waals surface area contributed by atoms with Crippen LogP contribution < -0.4 is 4.90 Å². The summed E-state index contributed by atoms with van der Waals surface area (Å²) in [7, 11) is 0. The van der Waals surface area contributed by atoms with E-state index in [0.717, 1.165) is 44.4 Å². The van der Waals surface area contributed by atoms with Crippen molar-refractivity contribution < 1.29 is 4.79 Å². The highest BCUT2D eigenvalue weighted by atomic mass is 16.1. The van der Waals surface area contributed by atoms with Gasteiger partial charge in [-0.05, 0) is 29.5 Å². The maximum absolute atomic E-state index is 11.1. The number of tetrazole rings is 1. The van der Waals surface area contributed by atoms with Gasteiger partial charge in [0.05, 0.1) is 5.69 Å². The van der Waals surface area contributed by atoms with Crippen molar-refractivity contribution >= 4 is 11.7 Å². The Balaban J connectivity index is 1.65.